The van der Waals surface area contributed by atoms with Crippen LogP contribution in [-0.2, 0) is 14.3 Å². The van der Waals surface area contributed by atoms with E-state index in [4.69, 9.17) is 5.11 Å². The van der Waals surface area contributed by atoms with Crippen LogP contribution in [0.4, 0.5) is 4.79 Å². The molecule has 0 radical (unpaired) electrons. The molecule has 0 unspecified atom stereocenters. The van der Waals surface area contributed by atoms with Gasteiger partial charge in [-0.15, -0.1) is 0 Å². The standard InChI is InChI=1S/C11H18N2O5/c1-3-13(7-4-5-7)11(17)12-8(10(15)16)6-9(14)18-2/h7-8H,3-6H2,1-2H3,(H,12,17)(H,15,16)/t8-/m0/s1. The van der Waals surface area contributed by atoms with Crippen molar-refractivity contribution in [1.82, 2.24) is 10.2 Å². The maximum absolute atomic E-state index is 11.8. The number of carboxylic acid groups (broad SMARTS) is 1. The molecule has 102 valence electrons. The monoisotopic (exact) mass is 258 g/mol. The van der Waals surface area contributed by atoms with E-state index in [1.807, 2.05) is 6.92 Å². The number of rotatable bonds is 6. The first-order valence-corrected chi connectivity index (χ1v) is 5.86. The molecule has 1 fully saturated rings. The maximum Gasteiger partial charge on any atom is 0.326 e. The third-order valence-corrected chi connectivity index (χ3v) is 2.78. The second kappa shape index (κ2) is 6.23. The number of urea groups is 1. The smallest absolute Gasteiger partial charge is 0.326 e. The second-order valence-electron chi connectivity index (χ2n) is 4.14. The van der Waals surface area contributed by atoms with E-state index in [9.17, 15) is 14.4 Å². The van der Waals surface area contributed by atoms with E-state index in [2.05, 4.69) is 10.1 Å². The van der Waals surface area contributed by atoms with E-state index in [0.717, 1.165) is 12.8 Å². The molecule has 7 nitrogen and oxygen atoms in total. The Morgan fingerprint density at radius 1 is 1.44 bits per heavy atom. The van der Waals surface area contributed by atoms with E-state index in [-0.39, 0.29) is 12.5 Å². The lowest BCUT2D eigenvalue weighted by atomic mass is 10.2. The average molecular weight is 258 g/mol. The van der Waals surface area contributed by atoms with Crippen molar-refractivity contribution in [3.05, 3.63) is 0 Å². The van der Waals surface area contributed by atoms with Gasteiger partial charge >= 0.3 is 18.0 Å². The first-order chi connectivity index (χ1) is 8.49. The van der Waals surface area contributed by atoms with Crippen LogP contribution in [0.3, 0.4) is 0 Å². The molecule has 1 saturated carbocycles. The number of esters is 1. The molecule has 1 aliphatic rings. The minimum absolute atomic E-state index is 0.197. The predicted molar refractivity (Wildman–Crippen MR) is 62.0 cm³/mol. The Morgan fingerprint density at radius 3 is 2.44 bits per heavy atom. The zero-order valence-corrected chi connectivity index (χ0v) is 10.5. The number of amides is 2. The van der Waals surface area contributed by atoms with Gasteiger partial charge in [-0.25, -0.2) is 9.59 Å². The summed E-state index contributed by atoms with van der Waals surface area (Å²) in [6.45, 7) is 2.34. The molecule has 2 amide bonds. The van der Waals surface area contributed by atoms with Crippen LogP contribution < -0.4 is 5.32 Å². The third-order valence-electron chi connectivity index (χ3n) is 2.78. The molecular weight excluding hydrogens is 240 g/mol. The van der Waals surface area contributed by atoms with Crippen molar-refractivity contribution in [1.29, 1.82) is 0 Å². The predicted octanol–water partition coefficient (Wildman–Crippen LogP) is 0.197. The summed E-state index contributed by atoms with van der Waals surface area (Å²) in [5, 5.41) is 11.3. The molecule has 1 atom stereocenters. The summed E-state index contributed by atoms with van der Waals surface area (Å²) in [6.07, 6.45) is 1.51. The number of aliphatic carboxylic acids is 1. The highest BCUT2D eigenvalue weighted by Crippen LogP contribution is 2.26. The molecular formula is C11H18N2O5. The van der Waals surface area contributed by atoms with Crippen LogP contribution >= 0.6 is 0 Å². The lowest BCUT2D eigenvalue weighted by molar-refractivity contribution is -0.147. The van der Waals surface area contributed by atoms with E-state index in [0.29, 0.717) is 6.54 Å². The van der Waals surface area contributed by atoms with Crippen molar-refractivity contribution in [3.63, 3.8) is 0 Å². The normalized spacial score (nSPS) is 15.7. The fourth-order valence-corrected chi connectivity index (χ4v) is 1.64. The zero-order chi connectivity index (χ0) is 13.7. The van der Waals surface area contributed by atoms with E-state index < -0.39 is 24.0 Å². The van der Waals surface area contributed by atoms with Crippen molar-refractivity contribution in [2.24, 2.45) is 0 Å². The summed E-state index contributed by atoms with van der Waals surface area (Å²) in [7, 11) is 1.17. The molecule has 0 aliphatic heterocycles. The van der Waals surface area contributed by atoms with Gasteiger partial charge in [-0.3, -0.25) is 4.79 Å². The minimum Gasteiger partial charge on any atom is -0.480 e. The molecule has 18 heavy (non-hydrogen) atoms. The van der Waals surface area contributed by atoms with E-state index >= 15 is 0 Å². The molecule has 0 spiro atoms. The van der Waals surface area contributed by atoms with Crippen LogP contribution in [0.5, 0.6) is 0 Å². The van der Waals surface area contributed by atoms with Crippen molar-refractivity contribution in [3.8, 4) is 0 Å². The molecule has 0 bridgehead atoms. The molecule has 2 N–H and O–H groups in total. The molecule has 0 aromatic heterocycles. The Kier molecular flexibility index (Phi) is 4.94. The molecule has 0 aromatic rings. The van der Waals surface area contributed by atoms with Crippen LogP contribution in [0.2, 0.25) is 0 Å². The Hall–Kier alpha value is -1.79. The number of nitrogens with zero attached hydrogens (tertiary/aromatic N) is 1. The highest BCUT2D eigenvalue weighted by Gasteiger charge is 2.33. The van der Waals surface area contributed by atoms with Crippen LogP contribution in [0.1, 0.15) is 26.2 Å². The SMILES string of the molecule is CCN(C(=O)N[C@@H](CC(=O)OC)C(=O)O)C1CC1. The van der Waals surface area contributed by atoms with Gasteiger partial charge in [0.25, 0.3) is 0 Å². The number of ether oxygens (including phenoxy) is 1. The Morgan fingerprint density at radius 2 is 2.06 bits per heavy atom. The fraction of sp³-hybridized carbons (Fsp3) is 0.727. The van der Waals surface area contributed by atoms with Gasteiger partial charge in [0, 0.05) is 12.6 Å². The highest BCUT2D eigenvalue weighted by molar-refractivity contribution is 5.86. The number of methoxy groups -OCH3 is 1. The van der Waals surface area contributed by atoms with Gasteiger partial charge in [0.1, 0.15) is 6.04 Å². The van der Waals surface area contributed by atoms with Gasteiger partial charge in [-0.1, -0.05) is 0 Å². The average Bonchev–Trinajstić information content (AvgIpc) is 3.13. The molecule has 1 rings (SSSR count). The largest absolute Gasteiger partial charge is 0.480 e. The number of carboxylic acids is 1. The van der Waals surface area contributed by atoms with Crippen molar-refractivity contribution >= 4 is 18.0 Å². The topological polar surface area (TPSA) is 95.9 Å². The Balaban J connectivity index is 2.56. The van der Waals surface area contributed by atoms with Gasteiger partial charge < -0.3 is 20.1 Å². The van der Waals surface area contributed by atoms with E-state index in [1.54, 1.807) is 4.90 Å². The lowest BCUT2D eigenvalue weighted by Gasteiger charge is -2.23. The van der Waals surface area contributed by atoms with Crippen LogP contribution in [-0.4, -0.2) is 53.7 Å². The van der Waals surface area contributed by atoms with E-state index in [1.165, 1.54) is 7.11 Å². The van der Waals surface area contributed by atoms with Crippen molar-refractivity contribution < 1.29 is 24.2 Å². The number of carbonyl (C=O) groups excluding carboxylic acids is 2. The lowest BCUT2D eigenvalue weighted by Crippen LogP contribution is -2.49. The Labute approximate surface area is 105 Å². The molecule has 0 heterocycles. The molecule has 0 aromatic carbocycles. The third kappa shape index (κ3) is 3.90. The quantitative estimate of drug-likeness (QED) is 0.663. The molecule has 7 heteroatoms. The maximum atomic E-state index is 11.8. The Bertz CT molecular complexity index is 340. The van der Waals surface area contributed by atoms with Crippen LogP contribution in [0, 0.1) is 0 Å². The second-order valence-corrected chi connectivity index (χ2v) is 4.14. The summed E-state index contributed by atoms with van der Waals surface area (Å²) in [5.74, 6) is -1.92. The van der Waals surface area contributed by atoms with Gasteiger partial charge in [-0.05, 0) is 19.8 Å². The zero-order valence-electron chi connectivity index (χ0n) is 10.5. The first-order valence-electron chi connectivity index (χ1n) is 5.86. The van der Waals surface area contributed by atoms with Gasteiger partial charge in [-0.2, -0.15) is 0 Å². The first kappa shape index (κ1) is 14.3. The highest BCUT2D eigenvalue weighted by atomic mass is 16.5. The summed E-state index contributed by atoms with van der Waals surface area (Å²) in [5.41, 5.74) is 0. The van der Waals surface area contributed by atoms with Crippen molar-refractivity contribution in [2.75, 3.05) is 13.7 Å². The van der Waals surface area contributed by atoms with Gasteiger partial charge in [0.15, 0.2) is 0 Å². The van der Waals surface area contributed by atoms with Gasteiger partial charge in [0.05, 0.1) is 13.5 Å². The van der Waals surface area contributed by atoms with Gasteiger partial charge in [0.2, 0.25) is 0 Å². The number of carbonyl (C=O) groups is 3. The summed E-state index contributed by atoms with van der Waals surface area (Å²) in [6, 6.07) is -1.50. The summed E-state index contributed by atoms with van der Waals surface area (Å²) >= 11 is 0. The van der Waals surface area contributed by atoms with Crippen LogP contribution in [0.25, 0.3) is 0 Å². The number of hydrogen-bond donors (Lipinski definition) is 2. The summed E-state index contributed by atoms with van der Waals surface area (Å²) in [4.78, 5) is 35.4. The fourth-order valence-electron chi connectivity index (χ4n) is 1.64. The molecule has 0 saturated heterocycles. The summed E-state index contributed by atoms with van der Waals surface area (Å²) < 4.78 is 4.39. The van der Waals surface area contributed by atoms with Crippen molar-refractivity contribution in [2.45, 2.75) is 38.3 Å². The van der Waals surface area contributed by atoms with Crippen LogP contribution in [0.15, 0.2) is 0 Å². The number of hydrogen-bond acceptors (Lipinski definition) is 4. The number of nitrogens with one attached hydrogen (secondary N) is 1. The minimum atomic E-state index is -1.25. The molecule has 1 aliphatic carbocycles.